The summed E-state index contributed by atoms with van der Waals surface area (Å²) in [6, 6.07) is 0.555. The zero-order valence-corrected chi connectivity index (χ0v) is 15.1. The molecule has 0 spiro atoms. The molecule has 1 amide bonds. The van der Waals surface area contributed by atoms with Gasteiger partial charge in [-0.05, 0) is 37.3 Å². The van der Waals surface area contributed by atoms with Gasteiger partial charge in [0.15, 0.2) is 21.5 Å². The third-order valence-electron chi connectivity index (χ3n) is 4.18. The number of carbonyl (C=O) groups excluding carboxylic acids is 1. The Morgan fingerprint density at radius 1 is 1.27 bits per heavy atom. The lowest BCUT2D eigenvalue weighted by atomic mass is 9.98. The molecule has 1 heterocycles. The third-order valence-corrected chi connectivity index (χ3v) is 4.95. The van der Waals surface area contributed by atoms with Crippen molar-refractivity contribution < 1.29 is 26.4 Å². The Kier molecular flexibility index (Phi) is 6.46. The number of carbonyl (C=O) groups is 1. The molecule has 1 unspecified atom stereocenters. The lowest BCUT2D eigenvalue weighted by Gasteiger charge is -2.25. The molecule has 1 aliphatic heterocycles. The molecule has 0 bridgehead atoms. The zero-order chi connectivity index (χ0) is 19.5. The molecular formula is C17H21F3N2O3S. The van der Waals surface area contributed by atoms with Gasteiger partial charge in [-0.25, -0.2) is 21.6 Å². The maximum Gasteiger partial charge on any atom is 0.241 e. The highest BCUT2D eigenvalue weighted by molar-refractivity contribution is 7.91. The molecule has 1 aromatic carbocycles. The SMILES string of the molecule is CS(=O)(=O)CC(=O)N1C=CCC1CC[C@H](N)Cc1cc(F)c(F)cc1F. The second kappa shape index (κ2) is 8.22. The molecule has 9 heteroatoms. The monoisotopic (exact) mass is 390 g/mol. The lowest BCUT2D eigenvalue weighted by Crippen LogP contribution is -2.37. The Labute approximate surface area is 150 Å². The number of sulfone groups is 1. The van der Waals surface area contributed by atoms with Gasteiger partial charge >= 0.3 is 0 Å². The van der Waals surface area contributed by atoms with Gasteiger partial charge in [-0.1, -0.05) is 6.08 Å². The standard InChI is InChI=1S/C17H21F3N2O3S/c1-26(24,25)10-17(23)22-6-2-3-13(22)5-4-12(21)7-11-8-15(19)16(20)9-14(11)18/h2,6,8-9,12-13H,3-5,7,10,21H2,1H3/t12-,13?/m0/s1. The van der Waals surface area contributed by atoms with E-state index in [4.69, 9.17) is 5.73 Å². The van der Waals surface area contributed by atoms with Crippen LogP contribution in [-0.2, 0) is 21.1 Å². The quantitative estimate of drug-likeness (QED) is 0.722. The number of benzene rings is 1. The first-order valence-electron chi connectivity index (χ1n) is 8.11. The first kappa shape index (κ1) is 20.4. The lowest BCUT2D eigenvalue weighted by molar-refractivity contribution is -0.127. The zero-order valence-electron chi connectivity index (χ0n) is 14.3. The summed E-state index contributed by atoms with van der Waals surface area (Å²) in [6.45, 7) is 0. The Bertz CT molecular complexity index is 812. The van der Waals surface area contributed by atoms with Gasteiger partial charge in [-0.3, -0.25) is 4.79 Å². The van der Waals surface area contributed by atoms with E-state index in [0.717, 1.165) is 12.3 Å². The summed E-state index contributed by atoms with van der Waals surface area (Å²) < 4.78 is 62.4. The van der Waals surface area contributed by atoms with Crippen LogP contribution >= 0.6 is 0 Å². The van der Waals surface area contributed by atoms with E-state index in [-0.39, 0.29) is 18.0 Å². The maximum atomic E-state index is 13.7. The highest BCUT2D eigenvalue weighted by Gasteiger charge is 2.27. The van der Waals surface area contributed by atoms with E-state index in [9.17, 15) is 26.4 Å². The highest BCUT2D eigenvalue weighted by atomic mass is 32.2. The Morgan fingerprint density at radius 3 is 2.58 bits per heavy atom. The van der Waals surface area contributed by atoms with E-state index in [0.29, 0.717) is 25.3 Å². The van der Waals surface area contributed by atoms with Crippen LogP contribution in [0.15, 0.2) is 24.4 Å². The summed E-state index contributed by atoms with van der Waals surface area (Å²) in [5.41, 5.74) is 5.95. The van der Waals surface area contributed by atoms with Crippen LogP contribution in [0, 0.1) is 17.5 Å². The number of rotatable bonds is 7. The molecule has 26 heavy (non-hydrogen) atoms. The predicted octanol–water partition coefficient (Wildman–Crippen LogP) is 1.91. The third kappa shape index (κ3) is 5.57. The van der Waals surface area contributed by atoms with Crippen molar-refractivity contribution in [3.63, 3.8) is 0 Å². The fraction of sp³-hybridized carbons (Fsp3) is 0.471. The van der Waals surface area contributed by atoms with Gasteiger partial charge in [0.2, 0.25) is 5.91 Å². The van der Waals surface area contributed by atoms with Crippen molar-refractivity contribution in [2.75, 3.05) is 12.0 Å². The van der Waals surface area contributed by atoms with Crippen LogP contribution in [0.1, 0.15) is 24.8 Å². The molecule has 0 aliphatic carbocycles. The van der Waals surface area contributed by atoms with Crippen LogP contribution in [0.3, 0.4) is 0 Å². The van der Waals surface area contributed by atoms with Crippen LogP contribution in [0.5, 0.6) is 0 Å². The summed E-state index contributed by atoms with van der Waals surface area (Å²) in [5.74, 6) is -4.32. The molecule has 1 aromatic rings. The molecule has 0 saturated carbocycles. The minimum absolute atomic E-state index is 0.00837. The van der Waals surface area contributed by atoms with Gasteiger partial charge in [-0.2, -0.15) is 0 Å². The molecule has 0 fully saturated rings. The molecular weight excluding hydrogens is 369 g/mol. The van der Waals surface area contributed by atoms with Crippen molar-refractivity contribution in [1.29, 1.82) is 0 Å². The fourth-order valence-electron chi connectivity index (χ4n) is 2.92. The van der Waals surface area contributed by atoms with Crippen LogP contribution in [0.4, 0.5) is 13.2 Å². The van der Waals surface area contributed by atoms with Gasteiger partial charge in [-0.15, -0.1) is 0 Å². The van der Waals surface area contributed by atoms with E-state index in [1.54, 1.807) is 12.3 Å². The van der Waals surface area contributed by atoms with Crippen LogP contribution in [0.2, 0.25) is 0 Å². The summed E-state index contributed by atoms with van der Waals surface area (Å²) >= 11 is 0. The predicted molar refractivity (Wildman–Crippen MR) is 91.3 cm³/mol. The van der Waals surface area contributed by atoms with E-state index in [2.05, 4.69) is 0 Å². The number of hydrogen-bond acceptors (Lipinski definition) is 4. The van der Waals surface area contributed by atoms with Crippen molar-refractivity contribution in [2.24, 2.45) is 5.73 Å². The van der Waals surface area contributed by atoms with Crippen molar-refractivity contribution >= 4 is 15.7 Å². The molecule has 0 saturated heterocycles. The summed E-state index contributed by atoms with van der Waals surface area (Å²) in [5, 5.41) is 0. The number of hydrogen-bond donors (Lipinski definition) is 1. The van der Waals surface area contributed by atoms with Crippen molar-refractivity contribution in [3.05, 3.63) is 47.4 Å². The minimum atomic E-state index is -3.43. The normalized spacial score (nSPS) is 18.3. The second-order valence-electron chi connectivity index (χ2n) is 6.54. The Hall–Kier alpha value is -1.87. The summed E-state index contributed by atoms with van der Waals surface area (Å²) in [4.78, 5) is 13.4. The smallest absolute Gasteiger partial charge is 0.241 e. The Morgan fingerprint density at radius 2 is 1.92 bits per heavy atom. The van der Waals surface area contributed by atoms with E-state index >= 15 is 0 Å². The number of halogens is 3. The van der Waals surface area contributed by atoms with E-state index < -0.39 is 45.0 Å². The van der Waals surface area contributed by atoms with Gasteiger partial charge < -0.3 is 10.6 Å². The van der Waals surface area contributed by atoms with Gasteiger partial charge in [0, 0.05) is 30.6 Å². The molecule has 2 atom stereocenters. The van der Waals surface area contributed by atoms with Crippen LogP contribution in [-0.4, -0.2) is 43.3 Å². The van der Waals surface area contributed by atoms with Crippen molar-refractivity contribution in [3.8, 4) is 0 Å². The first-order valence-corrected chi connectivity index (χ1v) is 10.2. The number of amides is 1. The molecule has 0 radical (unpaired) electrons. The molecule has 2 N–H and O–H groups in total. The minimum Gasteiger partial charge on any atom is -0.327 e. The van der Waals surface area contributed by atoms with Crippen LogP contribution < -0.4 is 5.73 Å². The number of nitrogens with two attached hydrogens (primary N) is 1. The molecule has 1 aliphatic rings. The van der Waals surface area contributed by atoms with Gasteiger partial charge in [0.1, 0.15) is 11.6 Å². The second-order valence-corrected chi connectivity index (χ2v) is 8.68. The fourth-order valence-corrected chi connectivity index (χ4v) is 3.52. The van der Waals surface area contributed by atoms with E-state index in [1.165, 1.54) is 4.90 Å². The molecule has 144 valence electrons. The highest BCUT2D eigenvalue weighted by Crippen LogP contribution is 2.22. The Balaban J connectivity index is 1.91. The van der Waals surface area contributed by atoms with Gasteiger partial charge in [0.25, 0.3) is 0 Å². The largest absolute Gasteiger partial charge is 0.327 e. The average molecular weight is 390 g/mol. The average Bonchev–Trinajstić information content (AvgIpc) is 2.97. The van der Waals surface area contributed by atoms with Crippen molar-refractivity contribution in [2.45, 2.75) is 37.8 Å². The molecule has 5 nitrogen and oxygen atoms in total. The summed E-state index contributed by atoms with van der Waals surface area (Å²) in [7, 11) is -3.43. The topological polar surface area (TPSA) is 80.5 Å². The van der Waals surface area contributed by atoms with E-state index in [1.807, 2.05) is 0 Å². The number of nitrogens with zero attached hydrogens (tertiary/aromatic N) is 1. The van der Waals surface area contributed by atoms with Crippen molar-refractivity contribution in [1.82, 2.24) is 4.90 Å². The maximum absolute atomic E-state index is 13.7. The van der Waals surface area contributed by atoms with Crippen LogP contribution in [0.25, 0.3) is 0 Å². The molecule has 0 aromatic heterocycles. The summed E-state index contributed by atoms with van der Waals surface area (Å²) in [6.07, 6.45) is 5.81. The van der Waals surface area contributed by atoms with Gasteiger partial charge in [0.05, 0.1) is 0 Å². The first-order chi connectivity index (χ1) is 12.1. The molecule has 2 rings (SSSR count).